The highest BCUT2D eigenvalue weighted by molar-refractivity contribution is 9.10. The van der Waals surface area contributed by atoms with Gasteiger partial charge in [0, 0.05) is 22.3 Å². The summed E-state index contributed by atoms with van der Waals surface area (Å²) in [5.41, 5.74) is 3.91. The van der Waals surface area contributed by atoms with Crippen LogP contribution < -0.4 is 4.90 Å². The first-order chi connectivity index (χ1) is 11.8. The van der Waals surface area contributed by atoms with Crippen molar-refractivity contribution in [1.82, 2.24) is 0 Å². The van der Waals surface area contributed by atoms with E-state index in [2.05, 4.69) is 104 Å². The van der Waals surface area contributed by atoms with Gasteiger partial charge in [-0.3, -0.25) is 4.99 Å². The van der Waals surface area contributed by atoms with Crippen molar-refractivity contribution in [2.45, 2.75) is 46.1 Å². The minimum atomic E-state index is 0.172. The molecule has 3 rings (SSSR count). The second-order valence-electron chi connectivity index (χ2n) is 8.18. The lowest BCUT2D eigenvalue weighted by Gasteiger charge is -2.24. The van der Waals surface area contributed by atoms with Crippen molar-refractivity contribution < 1.29 is 0 Å². The molecular weight excluding hydrogens is 372 g/mol. The molecule has 25 heavy (non-hydrogen) atoms. The Bertz CT molecular complexity index is 769. The Morgan fingerprint density at radius 1 is 1.08 bits per heavy atom. The molecule has 1 aliphatic rings. The monoisotopic (exact) mass is 398 g/mol. The summed E-state index contributed by atoms with van der Waals surface area (Å²) < 4.78 is 1.09. The molecule has 1 aliphatic heterocycles. The maximum absolute atomic E-state index is 5.05. The molecule has 0 saturated carbocycles. The number of aliphatic imine (C=N–C) groups is 1. The molecule has 0 fully saturated rings. The summed E-state index contributed by atoms with van der Waals surface area (Å²) in [6, 6.07) is 17.7. The van der Waals surface area contributed by atoms with Crippen LogP contribution in [0.2, 0.25) is 0 Å². The Hall–Kier alpha value is -1.61. The van der Waals surface area contributed by atoms with Crippen molar-refractivity contribution in [2.24, 2.45) is 10.9 Å². The molecular formula is C22H27BrN2. The van der Waals surface area contributed by atoms with Crippen LogP contribution in [0.5, 0.6) is 0 Å². The van der Waals surface area contributed by atoms with E-state index in [0.29, 0.717) is 12.0 Å². The molecule has 0 aromatic heterocycles. The van der Waals surface area contributed by atoms with Crippen LogP contribution in [-0.2, 0) is 5.41 Å². The van der Waals surface area contributed by atoms with E-state index in [0.717, 1.165) is 22.4 Å². The highest BCUT2D eigenvalue weighted by Crippen LogP contribution is 2.30. The third kappa shape index (κ3) is 3.98. The number of amidine groups is 1. The molecule has 2 nitrogen and oxygen atoms in total. The second kappa shape index (κ2) is 6.95. The molecule has 2 aromatic rings. The number of anilines is 1. The highest BCUT2D eigenvalue weighted by atomic mass is 79.9. The van der Waals surface area contributed by atoms with Crippen LogP contribution in [0.1, 0.15) is 45.7 Å². The standard InChI is InChI=1S/C22H27BrN2/c1-15(2)20-14-25(19-11-9-17(10-12-19)22(3,4)5)21(24-20)16-7-6-8-18(23)13-16/h6-13,15,20H,14H2,1-5H3/t20-/m1/s1. The van der Waals surface area contributed by atoms with Crippen molar-refractivity contribution in [3.05, 3.63) is 64.1 Å². The fraction of sp³-hybridized carbons (Fsp3) is 0.409. The first-order valence-electron chi connectivity index (χ1n) is 8.97. The summed E-state index contributed by atoms with van der Waals surface area (Å²) >= 11 is 3.59. The predicted molar refractivity (Wildman–Crippen MR) is 112 cm³/mol. The van der Waals surface area contributed by atoms with E-state index in [-0.39, 0.29) is 5.41 Å². The molecule has 1 heterocycles. The lowest BCUT2D eigenvalue weighted by atomic mass is 9.87. The van der Waals surface area contributed by atoms with E-state index in [1.165, 1.54) is 11.3 Å². The van der Waals surface area contributed by atoms with Gasteiger partial charge in [0.1, 0.15) is 5.84 Å². The molecule has 132 valence electrons. The minimum Gasteiger partial charge on any atom is -0.324 e. The molecule has 0 N–H and O–H groups in total. The first-order valence-corrected chi connectivity index (χ1v) is 9.77. The zero-order valence-electron chi connectivity index (χ0n) is 15.8. The van der Waals surface area contributed by atoms with Crippen molar-refractivity contribution in [1.29, 1.82) is 0 Å². The molecule has 1 atom stereocenters. The van der Waals surface area contributed by atoms with Crippen molar-refractivity contribution in [2.75, 3.05) is 11.4 Å². The molecule has 0 amide bonds. The van der Waals surface area contributed by atoms with Crippen LogP contribution >= 0.6 is 15.9 Å². The third-order valence-electron chi connectivity index (χ3n) is 4.81. The number of hydrogen-bond donors (Lipinski definition) is 0. The molecule has 0 bridgehead atoms. The fourth-order valence-electron chi connectivity index (χ4n) is 3.13. The number of nitrogens with zero attached hydrogens (tertiary/aromatic N) is 2. The summed E-state index contributed by atoms with van der Waals surface area (Å²) in [6.07, 6.45) is 0. The summed E-state index contributed by atoms with van der Waals surface area (Å²) in [7, 11) is 0. The van der Waals surface area contributed by atoms with E-state index in [4.69, 9.17) is 4.99 Å². The Morgan fingerprint density at radius 2 is 1.76 bits per heavy atom. The first kappa shape index (κ1) is 18.2. The van der Waals surface area contributed by atoms with Crippen molar-refractivity contribution >= 4 is 27.5 Å². The average Bonchev–Trinajstić information content (AvgIpc) is 3.00. The predicted octanol–water partition coefficient (Wildman–Crippen LogP) is 6.04. The van der Waals surface area contributed by atoms with Crippen molar-refractivity contribution in [3.8, 4) is 0 Å². The molecule has 0 aliphatic carbocycles. The van der Waals surface area contributed by atoms with E-state index in [1.54, 1.807) is 0 Å². The third-order valence-corrected chi connectivity index (χ3v) is 5.30. The lowest BCUT2D eigenvalue weighted by Crippen LogP contribution is -2.31. The van der Waals surface area contributed by atoms with Gasteiger partial charge in [0.15, 0.2) is 0 Å². The number of benzene rings is 2. The molecule has 0 spiro atoms. The van der Waals surface area contributed by atoms with Crippen LogP contribution in [-0.4, -0.2) is 18.4 Å². The van der Waals surface area contributed by atoms with Crippen LogP contribution in [0.3, 0.4) is 0 Å². The average molecular weight is 399 g/mol. The van der Waals surface area contributed by atoms with Gasteiger partial charge in [-0.25, -0.2) is 0 Å². The molecule has 2 aromatic carbocycles. The zero-order valence-corrected chi connectivity index (χ0v) is 17.3. The lowest BCUT2D eigenvalue weighted by molar-refractivity contribution is 0.521. The quantitative estimate of drug-likeness (QED) is 0.615. The largest absolute Gasteiger partial charge is 0.324 e. The smallest absolute Gasteiger partial charge is 0.135 e. The number of hydrogen-bond acceptors (Lipinski definition) is 2. The van der Waals surface area contributed by atoms with Gasteiger partial charge in [0.25, 0.3) is 0 Å². The zero-order chi connectivity index (χ0) is 18.2. The summed E-state index contributed by atoms with van der Waals surface area (Å²) in [5.74, 6) is 1.60. The Labute approximate surface area is 160 Å². The fourth-order valence-corrected chi connectivity index (χ4v) is 3.53. The molecule has 3 heteroatoms. The summed E-state index contributed by atoms with van der Waals surface area (Å²) in [5, 5.41) is 0. The SMILES string of the molecule is CC(C)[C@H]1CN(c2ccc(C(C)(C)C)cc2)C(c2cccc(Br)c2)=N1. The van der Waals surface area contributed by atoms with Gasteiger partial charge in [0.05, 0.1) is 6.04 Å². The van der Waals surface area contributed by atoms with Crippen LogP contribution in [0.4, 0.5) is 5.69 Å². The minimum absolute atomic E-state index is 0.172. The van der Waals surface area contributed by atoms with Gasteiger partial charge in [0.2, 0.25) is 0 Å². The van der Waals surface area contributed by atoms with Crippen LogP contribution in [0, 0.1) is 5.92 Å². The van der Waals surface area contributed by atoms with Gasteiger partial charge in [-0.05, 0) is 41.2 Å². The Morgan fingerprint density at radius 3 is 2.32 bits per heavy atom. The van der Waals surface area contributed by atoms with Gasteiger partial charge in [-0.2, -0.15) is 0 Å². The molecule has 0 saturated heterocycles. The van der Waals surface area contributed by atoms with Crippen LogP contribution in [0.15, 0.2) is 58.0 Å². The Kier molecular flexibility index (Phi) is 5.06. The number of rotatable bonds is 3. The van der Waals surface area contributed by atoms with E-state index >= 15 is 0 Å². The maximum atomic E-state index is 5.05. The van der Waals surface area contributed by atoms with E-state index < -0.39 is 0 Å². The molecule has 0 unspecified atom stereocenters. The normalized spacial score (nSPS) is 18.0. The highest BCUT2D eigenvalue weighted by Gasteiger charge is 2.29. The number of halogens is 1. The van der Waals surface area contributed by atoms with Gasteiger partial charge < -0.3 is 4.90 Å². The maximum Gasteiger partial charge on any atom is 0.135 e. The summed E-state index contributed by atoms with van der Waals surface area (Å²) in [6.45, 7) is 12.2. The van der Waals surface area contributed by atoms with Gasteiger partial charge in [-0.1, -0.05) is 74.8 Å². The van der Waals surface area contributed by atoms with Crippen LogP contribution in [0.25, 0.3) is 0 Å². The second-order valence-corrected chi connectivity index (χ2v) is 9.10. The summed E-state index contributed by atoms with van der Waals surface area (Å²) in [4.78, 5) is 7.41. The molecule has 0 radical (unpaired) electrons. The van der Waals surface area contributed by atoms with E-state index in [1.807, 2.05) is 0 Å². The van der Waals surface area contributed by atoms with Gasteiger partial charge >= 0.3 is 0 Å². The topological polar surface area (TPSA) is 15.6 Å². The van der Waals surface area contributed by atoms with Gasteiger partial charge in [-0.15, -0.1) is 0 Å². The van der Waals surface area contributed by atoms with E-state index in [9.17, 15) is 0 Å². The Balaban J connectivity index is 1.97. The van der Waals surface area contributed by atoms with Crippen molar-refractivity contribution in [3.63, 3.8) is 0 Å².